The Kier molecular flexibility index (Phi) is 5.76. The van der Waals surface area contributed by atoms with Crippen molar-refractivity contribution in [2.75, 3.05) is 11.1 Å². The van der Waals surface area contributed by atoms with E-state index in [-0.39, 0.29) is 5.91 Å². The molecule has 0 aliphatic heterocycles. The van der Waals surface area contributed by atoms with Gasteiger partial charge >= 0.3 is 0 Å². The lowest BCUT2D eigenvalue weighted by Gasteiger charge is -2.15. The minimum absolute atomic E-state index is 0.0105. The molecule has 2 aromatic rings. The molecule has 112 valence electrons. The molecule has 0 aliphatic carbocycles. The maximum Gasteiger partial charge on any atom is 0.234 e. The second-order valence-electron chi connectivity index (χ2n) is 4.82. The Hall–Kier alpha value is -1.40. The topological polar surface area (TPSA) is 54.9 Å². The van der Waals surface area contributed by atoms with Crippen LogP contribution in [0.3, 0.4) is 0 Å². The van der Waals surface area contributed by atoms with E-state index in [0.29, 0.717) is 11.7 Å². The second-order valence-corrected chi connectivity index (χ2v) is 7.22. The first-order valence-corrected chi connectivity index (χ1v) is 8.72. The molecule has 1 N–H and O–H groups in total. The second kappa shape index (κ2) is 7.56. The van der Waals surface area contributed by atoms with E-state index >= 15 is 0 Å². The fourth-order valence-corrected chi connectivity index (χ4v) is 3.53. The molecular formula is C15H19N3OS2. The van der Waals surface area contributed by atoms with E-state index in [1.165, 1.54) is 28.7 Å². The van der Waals surface area contributed by atoms with Gasteiger partial charge in [0.05, 0.1) is 5.75 Å². The van der Waals surface area contributed by atoms with Crippen molar-refractivity contribution in [1.82, 2.24) is 10.2 Å². The number of thioether (sulfide) groups is 1. The van der Waals surface area contributed by atoms with E-state index in [4.69, 9.17) is 0 Å². The number of benzene rings is 1. The molecule has 0 saturated carbocycles. The van der Waals surface area contributed by atoms with Crippen LogP contribution in [0.25, 0.3) is 0 Å². The average molecular weight is 321 g/mol. The zero-order valence-corrected chi connectivity index (χ0v) is 14.1. The van der Waals surface area contributed by atoms with Crippen LogP contribution in [0.5, 0.6) is 0 Å². The van der Waals surface area contributed by atoms with Crippen molar-refractivity contribution in [1.29, 1.82) is 0 Å². The van der Waals surface area contributed by atoms with Crippen molar-refractivity contribution in [3.05, 3.63) is 34.8 Å². The lowest BCUT2D eigenvalue weighted by atomic mass is 9.97. The lowest BCUT2D eigenvalue weighted by Crippen LogP contribution is -2.15. The van der Waals surface area contributed by atoms with Gasteiger partial charge in [-0.3, -0.25) is 4.79 Å². The standard InChI is InChI=1S/C15H19N3OS2/c1-4-10(2)12-7-5-6-8-13(12)16-14(19)9-20-15-18-17-11(3)21-15/h5-8,10H,4,9H2,1-3H3,(H,16,19). The molecule has 0 radical (unpaired) electrons. The molecule has 4 nitrogen and oxygen atoms in total. The number of amides is 1. The van der Waals surface area contributed by atoms with Crippen LogP contribution >= 0.6 is 23.1 Å². The van der Waals surface area contributed by atoms with Gasteiger partial charge in [-0.25, -0.2) is 0 Å². The van der Waals surface area contributed by atoms with Crippen LogP contribution < -0.4 is 5.32 Å². The van der Waals surface area contributed by atoms with Crippen molar-refractivity contribution in [2.24, 2.45) is 0 Å². The summed E-state index contributed by atoms with van der Waals surface area (Å²) in [5.74, 6) is 0.771. The molecule has 6 heteroatoms. The normalized spacial score (nSPS) is 12.1. The molecule has 1 atom stereocenters. The number of anilines is 1. The van der Waals surface area contributed by atoms with E-state index < -0.39 is 0 Å². The highest BCUT2D eigenvalue weighted by molar-refractivity contribution is 8.01. The Morgan fingerprint density at radius 3 is 2.81 bits per heavy atom. The average Bonchev–Trinajstić information content (AvgIpc) is 2.90. The van der Waals surface area contributed by atoms with Crippen molar-refractivity contribution in [3.8, 4) is 0 Å². The number of nitrogens with zero attached hydrogens (tertiary/aromatic N) is 2. The molecule has 1 aromatic carbocycles. The van der Waals surface area contributed by atoms with E-state index in [1.807, 2.05) is 25.1 Å². The molecule has 1 unspecified atom stereocenters. The van der Waals surface area contributed by atoms with Crippen molar-refractivity contribution >= 4 is 34.7 Å². The molecule has 1 amide bonds. The molecular weight excluding hydrogens is 302 g/mol. The fraction of sp³-hybridized carbons (Fsp3) is 0.400. The number of para-hydroxylation sites is 1. The Morgan fingerprint density at radius 1 is 1.38 bits per heavy atom. The van der Waals surface area contributed by atoms with Crippen molar-refractivity contribution < 1.29 is 4.79 Å². The van der Waals surface area contributed by atoms with Gasteiger partial charge in [-0.05, 0) is 30.9 Å². The van der Waals surface area contributed by atoms with E-state index in [2.05, 4.69) is 35.4 Å². The minimum Gasteiger partial charge on any atom is -0.325 e. The summed E-state index contributed by atoms with van der Waals surface area (Å²) >= 11 is 2.93. The third kappa shape index (κ3) is 4.54. The summed E-state index contributed by atoms with van der Waals surface area (Å²) in [4.78, 5) is 12.1. The zero-order chi connectivity index (χ0) is 15.2. The highest BCUT2D eigenvalue weighted by Crippen LogP contribution is 2.27. The highest BCUT2D eigenvalue weighted by Gasteiger charge is 2.12. The molecule has 1 heterocycles. The Labute approximate surface area is 133 Å². The van der Waals surface area contributed by atoms with Gasteiger partial charge in [0.25, 0.3) is 0 Å². The van der Waals surface area contributed by atoms with Crippen LogP contribution in [0, 0.1) is 6.92 Å². The smallest absolute Gasteiger partial charge is 0.234 e. The Balaban J connectivity index is 1.96. The third-order valence-corrected chi connectivity index (χ3v) is 5.18. The predicted molar refractivity (Wildman–Crippen MR) is 89.1 cm³/mol. The lowest BCUT2D eigenvalue weighted by molar-refractivity contribution is -0.113. The molecule has 0 saturated heterocycles. The summed E-state index contributed by atoms with van der Waals surface area (Å²) in [7, 11) is 0. The molecule has 21 heavy (non-hydrogen) atoms. The van der Waals surface area contributed by atoms with Gasteiger partial charge < -0.3 is 5.32 Å². The van der Waals surface area contributed by atoms with E-state index in [1.54, 1.807) is 0 Å². The largest absolute Gasteiger partial charge is 0.325 e. The van der Waals surface area contributed by atoms with Crippen molar-refractivity contribution in [2.45, 2.75) is 37.4 Å². The van der Waals surface area contributed by atoms with Gasteiger partial charge in [-0.15, -0.1) is 10.2 Å². The third-order valence-electron chi connectivity index (χ3n) is 3.21. The van der Waals surface area contributed by atoms with Gasteiger partial charge in [0.1, 0.15) is 5.01 Å². The predicted octanol–water partition coefficient (Wildman–Crippen LogP) is 4.09. The van der Waals surface area contributed by atoms with Crippen LogP contribution in [0.15, 0.2) is 28.6 Å². The van der Waals surface area contributed by atoms with E-state index in [0.717, 1.165) is 21.5 Å². The number of aromatic nitrogens is 2. The summed E-state index contributed by atoms with van der Waals surface area (Å²) in [5, 5.41) is 11.9. The monoisotopic (exact) mass is 321 g/mol. The molecule has 2 rings (SSSR count). The first-order valence-electron chi connectivity index (χ1n) is 6.91. The quantitative estimate of drug-likeness (QED) is 0.814. The van der Waals surface area contributed by atoms with Crippen LogP contribution in [-0.2, 0) is 4.79 Å². The highest BCUT2D eigenvalue weighted by atomic mass is 32.2. The number of rotatable bonds is 6. The van der Waals surface area contributed by atoms with Crippen LogP contribution in [0.2, 0.25) is 0 Å². The van der Waals surface area contributed by atoms with Crippen LogP contribution in [-0.4, -0.2) is 21.9 Å². The van der Waals surface area contributed by atoms with Crippen LogP contribution in [0.1, 0.15) is 36.8 Å². The maximum absolute atomic E-state index is 12.1. The molecule has 0 aliphatic rings. The van der Waals surface area contributed by atoms with Gasteiger partial charge in [0, 0.05) is 5.69 Å². The zero-order valence-electron chi connectivity index (χ0n) is 12.4. The van der Waals surface area contributed by atoms with Crippen molar-refractivity contribution in [3.63, 3.8) is 0 Å². The number of hydrogen-bond donors (Lipinski definition) is 1. The number of carbonyl (C=O) groups excluding carboxylic acids is 1. The molecule has 0 fully saturated rings. The van der Waals surface area contributed by atoms with Gasteiger partial charge in [-0.2, -0.15) is 0 Å². The van der Waals surface area contributed by atoms with Crippen LogP contribution in [0.4, 0.5) is 5.69 Å². The number of aryl methyl sites for hydroxylation is 1. The maximum atomic E-state index is 12.1. The number of nitrogens with one attached hydrogen (secondary N) is 1. The molecule has 1 aromatic heterocycles. The Morgan fingerprint density at radius 2 is 2.14 bits per heavy atom. The summed E-state index contributed by atoms with van der Waals surface area (Å²) in [6, 6.07) is 7.99. The van der Waals surface area contributed by atoms with Gasteiger partial charge in [0.15, 0.2) is 4.34 Å². The molecule has 0 spiro atoms. The molecule has 0 bridgehead atoms. The minimum atomic E-state index is -0.0105. The first-order chi connectivity index (χ1) is 10.1. The fourth-order valence-electron chi connectivity index (χ4n) is 1.91. The Bertz CT molecular complexity index is 612. The van der Waals surface area contributed by atoms with Gasteiger partial charge in [-0.1, -0.05) is 55.1 Å². The summed E-state index contributed by atoms with van der Waals surface area (Å²) in [6.45, 7) is 6.23. The summed E-state index contributed by atoms with van der Waals surface area (Å²) in [5.41, 5.74) is 2.09. The summed E-state index contributed by atoms with van der Waals surface area (Å²) in [6.07, 6.45) is 1.05. The van der Waals surface area contributed by atoms with Gasteiger partial charge in [0.2, 0.25) is 5.91 Å². The summed E-state index contributed by atoms with van der Waals surface area (Å²) < 4.78 is 0.831. The SMILES string of the molecule is CCC(C)c1ccccc1NC(=O)CSc1nnc(C)s1. The first kappa shape index (κ1) is 16.0. The number of hydrogen-bond acceptors (Lipinski definition) is 5. The number of carbonyl (C=O) groups is 1. The van der Waals surface area contributed by atoms with E-state index in [9.17, 15) is 4.79 Å².